The summed E-state index contributed by atoms with van der Waals surface area (Å²) >= 11 is 5.97. The molecule has 0 bridgehead atoms. The van der Waals surface area contributed by atoms with Gasteiger partial charge in [0.1, 0.15) is 23.2 Å². The number of nitrogens with zero attached hydrogens (tertiary/aromatic N) is 3. The van der Waals surface area contributed by atoms with Crippen molar-refractivity contribution in [2.24, 2.45) is 0 Å². The Morgan fingerprint density at radius 2 is 1.73 bits per heavy atom. The van der Waals surface area contributed by atoms with Crippen molar-refractivity contribution < 1.29 is 18.8 Å². The van der Waals surface area contributed by atoms with Gasteiger partial charge in [0.15, 0.2) is 5.76 Å². The SMILES string of the molecule is C[C@H](O)c1onc(-c2ccc(Cl)cc2)c1C(=O)N1CCN(c2ccc(F)cc2)CC1. The highest BCUT2D eigenvalue weighted by Gasteiger charge is 2.31. The molecule has 1 N–H and O–H groups in total. The van der Waals surface area contributed by atoms with Crippen molar-refractivity contribution in [3.8, 4) is 11.3 Å². The fraction of sp³-hybridized carbons (Fsp3) is 0.273. The van der Waals surface area contributed by atoms with Crippen molar-refractivity contribution in [2.75, 3.05) is 31.1 Å². The van der Waals surface area contributed by atoms with Crippen LogP contribution in [-0.2, 0) is 0 Å². The molecule has 1 amide bonds. The van der Waals surface area contributed by atoms with Gasteiger partial charge < -0.3 is 19.4 Å². The van der Waals surface area contributed by atoms with E-state index in [-0.39, 0.29) is 23.0 Å². The molecular formula is C22H21ClFN3O3. The second-order valence-corrected chi connectivity index (χ2v) is 7.65. The summed E-state index contributed by atoms with van der Waals surface area (Å²) in [4.78, 5) is 17.2. The van der Waals surface area contributed by atoms with Crippen LogP contribution in [0.5, 0.6) is 0 Å². The summed E-state index contributed by atoms with van der Waals surface area (Å²) < 4.78 is 18.5. The fourth-order valence-electron chi connectivity index (χ4n) is 3.58. The number of anilines is 1. The van der Waals surface area contributed by atoms with Gasteiger partial charge in [0.25, 0.3) is 5.91 Å². The maximum Gasteiger partial charge on any atom is 0.259 e. The molecule has 0 spiro atoms. The number of aromatic nitrogens is 1. The van der Waals surface area contributed by atoms with Crippen LogP contribution in [0.2, 0.25) is 5.02 Å². The third-order valence-electron chi connectivity index (χ3n) is 5.19. The Morgan fingerprint density at radius 1 is 1.10 bits per heavy atom. The quantitative estimate of drug-likeness (QED) is 0.674. The number of hydrogen-bond donors (Lipinski definition) is 1. The van der Waals surface area contributed by atoms with Crippen LogP contribution >= 0.6 is 11.6 Å². The van der Waals surface area contributed by atoms with E-state index < -0.39 is 6.10 Å². The first-order chi connectivity index (χ1) is 14.4. The third kappa shape index (κ3) is 4.04. The highest BCUT2D eigenvalue weighted by Crippen LogP contribution is 2.31. The predicted molar refractivity (Wildman–Crippen MR) is 112 cm³/mol. The monoisotopic (exact) mass is 429 g/mol. The summed E-state index contributed by atoms with van der Waals surface area (Å²) in [6, 6.07) is 13.3. The molecule has 0 radical (unpaired) electrons. The van der Waals surface area contributed by atoms with Crippen molar-refractivity contribution in [3.05, 3.63) is 70.7 Å². The van der Waals surface area contributed by atoms with Crippen molar-refractivity contribution in [2.45, 2.75) is 13.0 Å². The Hall–Kier alpha value is -2.90. The minimum absolute atomic E-state index is 0.144. The first-order valence-electron chi connectivity index (χ1n) is 9.67. The number of aliphatic hydroxyl groups excluding tert-OH is 1. The van der Waals surface area contributed by atoms with Gasteiger partial charge in [0.05, 0.1) is 0 Å². The van der Waals surface area contributed by atoms with Crippen LogP contribution in [0.25, 0.3) is 11.3 Å². The molecule has 1 fully saturated rings. The number of carbonyl (C=O) groups excluding carboxylic acids is 1. The summed E-state index contributed by atoms with van der Waals surface area (Å²) in [6.07, 6.45) is -0.974. The molecule has 3 aromatic rings. The van der Waals surface area contributed by atoms with E-state index in [1.165, 1.54) is 19.1 Å². The zero-order valence-corrected chi connectivity index (χ0v) is 17.1. The van der Waals surface area contributed by atoms with Gasteiger partial charge >= 0.3 is 0 Å². The van der Waals surface area contributed by atoms with E-state index in [4.69, 9.17) is 16.1 Å². The van der Waals surface area contributed by atoms with Crippen LogP contribution < -0.4 is 4.90 Å². The van der Waals surface area contributed by atoms with E-state index in [0.29, 0.717) is 42.5 Å². The number of aliphatic hydroxyl groups is 1. The average Bonchev–Trinajstić information content (AvgIpc) is 3.20. The molecule has 1 aliphatic heterocycles. The molecule has 8 heteroatoms. The lowest BCUT2D eigenvalue weighted by atomic mass is 10.0. The van der Waals surface area contributed by atoms with Crippen molar-refractivity contribution >= 4 is 23.2 Å². The molecule has 1 saturated heterocycles. The normalized spacial score (nSPS) is 15.3. The average molecular weight is 430 g/mol. The van der Waals surface area contributed by atoms with Crippen molar-refractivity contribution in [3.63, 3.8) is 0 Å². The summed E-state index contributed by atoms with van der Waals surface area (Å²) in [5.41, 5.74) is 2.25. The van der Waals surface area contributed by atoms with Crippen LogP contribution in [0.15, 0.2) is 53.1 Å². The van der Waals surface area contributed by atoms with E-state index in [0.717, 1.165) is 5.69 Å². The largest absolute Gasteiger partial charge is 0.385 e. The van der Waals surface area contributed by atoms with Crippen LogP contribution in [0.3, 0.4) is 0 Å². The summed E-state index contributed by atoms with van der Waals surface area (Å²) in [5, 5.41) is 14.7. The van der Waals surface area contributed by atoms with E-state index >= 15 is 0 Å². The molecule has 30 heavy (non-hydrogen) atoms. The van der Waals surface area contributed by atoms with E-state index in [9.17, 15) is 14.3 Å². The molecule has 1 aromatic heterocycles. The minimum atomic E-state index is -0.974. The number of hydrogen-bond acceptors (Lipinski definition) is 5. The molecule has 0 saturated carbocycles. The Kier molecular flexibility index (Phi) is 5.74. The predicted octanol–water partition coefficient (Wildman–Crippen LogP) is 4.15. The van der Waals surface area contributed by atoms with E-state index in [1.807, 2.05) is 0 Å². The Bertz CT molecular complexity index is 1030. The fourth-order valence-corrected chi connectivity index (χ4v) is 3.70. The molecule has 156 valence electrons. The smallest absolute Gasteiger partial charge is 0.259 e. The summed E-state index contributed by atoms with van der Waals surface area (Å²) in [7, 11) is 0. The number of piperazine rings is 1. The van der Waals surface area contributed by atoms with Crippen molar-refractivity contribution in [1.82, 2.24) is 10.1 Å². The van der Waals surface area contributed by atoms with Crippen molar-refractivity contribution in [1.29, 1.82) is 0 Å². The maximum atomic E-state index is 13.4. The zero-order valence-electron chi connectivity index (χ0n) is 16.4. The van der Waals surface area contributed by atoms with Gasteiger partial charge in [-0.2, -0.15) is 0 Å². The number of rotatable bonds is 4. The summed E-state index contributed by atoms with van der Waals surface area (Å²) in [6.45, 7) is 3.74. The second kappa shape index (κ2) is 8.45. The molecule has 0 unspecified atom stereocenters. The lowest BCUT2D eigenvalue weighted by molar-refractivity contribution is 0.0735. The van der Waals surface area contributed by atoms with Gasteiger partial charge in [-0.05, 0) is 43.3 Å². The number of carbonyl (C=O) groups is 1. The molecule has 2 heterocycles. The molecule has 4 rings (SSSR count). The topological polar surface area (TPSA) is 69.8 Å². The van der Waals surface area contributed by atoms with Gasteiger partial charge in [-0.25, -0.2) is 4.39 Å². The molecular weight excluding hydrogens is 409 g/mol. The van der Waals surface area contributed by atoms with E-state index in [1.54, 1.807) is 41.3 Å². The first kappa shape index (κ1) is 20.4. The number of benzene rings is 2. The summed E-state index contributed by atoms with van der Waals surface area (Å²) in [5.74, 6) is -0.373. The van der Waals surface area contributed by atoms with Gasteiger partial charge in [-0.3, -0.25) is 4.79 Å². The minimum Gasteiger partial charge on any atom is -0.385 e. The Morgan fingerprint density at radius 3 is 2.33 bits per heavy atom. The molecule has 1 atom stereocenters. The zero-order chi connectivity index (χ0) is 21.3. The lowest BCUT2D eigenvalue weighted by Gasteiger charge is -2.36. The van der Waals surface area contributed by atoms with Crippen LogP contribution in [0.4, 0.5) is 10.1 Å². The molecule has 6 nitrogen and oxygen atoms in total. The highest BCUT2D eigenvalue weighted by molar-refractivity contribution is 6.30. The van der Waals surface area contributed by atoms with Crippen LogP contribution in [0, 0.1) is 5.82 Å². The van der Waals surface area contributed by atoms with E-state index in [2.05, 4.69) is 10.1 Å². The number of halogens is 2. The molecule has 1 aliphatic rings. The standard InChI is InChI=1S/C22H21ClFN3O3/c1-14(28)21-19(20(25-30-21)15-2-4-16(23)5-3-15)22(29)27-12-10-26(11-13-27)18-8-6-17(24)7-9-18/h2-9,14,28H,10-13H2,1H3/t14-/m0/s1. The van der Waals surface area contributed by atoms with Crippen LogP contribution in [0.1, 0.15) is 29.1 Å². The number of amides is 1. The lowest BCUT2D eigenvalue weighted by Crippen LogP contribution is -2.49. The van der Waals surface area contributed by atoms with Gasteiger partial charge in [-0.1, -0.05) is 28.9 Å². The van der Waals surface area contributed by atoms with Gasteiger partial charge in [-0.15, -0.1) is 0 Å². The third-order valence-corrected chi connectivity index (χ3v) is 5.44. The molecule has 2 aromatic carbocycles. The van der Waals surface area contributed by atoms with Gasteiger partial charge in [0.2, 0.25) is 0 Å². The Balaban J connectivity index is 1.56. The second-order valence-electron chi connectivity index (χ2n) is 7.21. The molecule has 0 aliphatic carbocycles. The Labute approximate surface area is 178 Å². The maximum absolute atomic E-state index is 13.4. The van der Waals surface area contributed by atoms with Crippen LogP contribution in [-0.4, -0.2) is 47.2 Å². The first-order valence-corrected chi connectivity index (χ1v) is 10.0. The highest BCUT2D eigenvalue weighted by atomic mass is 35.5. The van der Waals surface area contributed by atoms with Gasteiger partial charge in [0, 0.05) is 42.5 Å².